The lowest BCUT2D eigenvalue weighted by Gasteiger charge is -2.41. The molecule has 76 valence electrons. The average molecular weight is 231 g/mol. The molecule has 0 aromatic carbocycles. The van der Waals surface area contributed by atoms with Crippen molar-refractivity contribution < 1.29 is 5.11 Å². The van der Waals surface area contributed by atoms with E-state index in [1.54, 1.807) is 12.3 Å². The molecular formula is C9H11ClN2OS. The van der Waals surface area contributed by atoms with Gasteiger partial charge in [0.25, 0.3) is 0 Å². The molecule has 2 heterocycles. The third-order valence-corrected chi connectivity index (χ3v) is 3.36. The Morgan fingerprint density at radius 3 is 3.07 bits per heavy atom. The van der Waals surface area contributed by atoms with Gasteiger partial charge in [-0.2, -0.15) is 0 Å². The second kappa shape index (κ2) is 3.88. The number of H-pyrrole nitrogens is 1. The van der Waals surface area contributed by atoms with E-state index in [0.29, 0.717) is 9.53 Å². The van der Waals surface area contributed by atoms with Crippen molar-refractivity contribution in [2.24, 2.45) is 0 Å². The molecule has 1 aromatic rings. The van der Waals surface area contributed by atoms with Crippen LogP contribution in [0.3, 0.4) is 0 Å². The summed E-state index contributed by atoms with van der Waals surface area (Å²) in [7, 11) is 0. The van der Waals surface area contributed by atoms with Gasteiger partial charge in [0.1, 0.15) is 5.82 Å². The van der Waals surface area contributed by atoms with Crippen molar-refractivity contribution in [2.45, 2.75) is 12.5 Å². The van der Waals surface area contributed by atoms with Crippen molar-refractivity contribution in [3.63, 3.8) is 0 Å². The summed E-state index contributed by atoms with van der Waals surface area (Å²) < 4.78 is 0.643. The lowest BCUT2D eigenvalue weighted by Crippen LogP contribution is -2.50. The van der Waals surface area contributed by atoms with Crippen LogP contribution in [-0.2, 0) is 0 Å². The molecule has 0 spiro atoms. The van der Waals surface area contributed by atoms with Crippen LogP contribution in [0.15, 0.2) is 12.3 Å². The van der Waals surface area contributed by atoms with Crippen LogP contribution in [0.4, 0.5) is 5.82 Å². The zero-order chi connectivity index (χ0) is 10.1. The highest BCUT2D eigenvalue weighted by Gasteiger charge is 2.29. The van der Waals surface area contributed by atoms with E-state index in [0.717, 1.165) is 18.8 Å². The van der Waals surface area contributed by atoms with Crippen LogP contribution in [0.1, 0.15) is 6.42 Å². The normalized spacial score (nSPS) is 20.7. The van der Waals surface area contributed by atoms with Gasteiger partial charge in [-0.15, -0.1) is 0 Å². The molecule has 0 amide bonds. The van der Waals surface area contributed by atoms with E-state index in [1.807, 2.05) is 4.90 Å². The minimum atomic E-state index is 0.159. The number of anilines is 1. The van der Waals surface area contributed by atoms with E-state index in [9.17, 15) is 0 Å². The molecule has 0 aliphatic carbocycles. The molecule has 0 unspecified atom stereocenters. The molecular weight excluding hydrogens is 220 g/mol. The molecule has 0 radical (unpaired) electrons. The van der Waals surface area contributed by atoms with E-state index in [2.05, 4.69) is 4.98 Å². The molecule has 1 fully saturated rings. The summed E-state index contributed by atoms with van der Waals surface area (Å²) in [6, 6.07) is 1.94. The molecule has 2 N–H and O–H groups in total. The Kier molecular flexibility index (Phi) is 2.76. The summed E-state index contributed by atoms with van der Waals surface area (Å²) in [5, 5.41) is 9.62. The second-order valence-corrected chi connectivity index (χ2v) is 4.14. The Balaban J connectivity index is 2.33. The van der Waals surface area contributed by atoms with Crippen LogP contribution in [-0.4, -0.2) is 29.3 Å². The molecule has 1 aromatic heterocycles. The maximum atomic E-state index is 9.05. The Hall–Kier alpha value is -0.580. The van der Waals surface area contributed by atoms with Gasteiger partial charge in [-0.25, -0.2) is 0 Å². The first kappa shape index (κ1) is 9.96. The summed E-state index contributed by atoms with van der Waals surface area (Å²) in [6.07, 6.45) is 2.78. The molecule has 3 nitrogen and oxygen atoms in total. The average Bonchev–Trinajstić information content (AvgIpc) is 2.12. The van der Waals surface area contributed by atoms with E-state index < -0.39 is 0 Å². The summed E-state index contributed by atoms with van der Waals surface area (Å²) in [5.74, 6) is 0.824. The van der Waals surface area contributed by atoms with Gasteiger partial charge in [-0.3, -0.25) is 0 Å². The van der Waals surface area contributed by atoms with E-state index in [4.69, 9.17) is 28.9 Å². The van der Waals surface area contributed by atoms with Crippen molar-refractivity contribution >= 4 is 29.6 Å². The highest BCUT2D eigenvalue weighted by Crippen LogP contribution is 2.30. The minimum absolute atomic E-state index is 0.159. The first-order valence-electron chi connectivity index (χ1n) is 4.48. The van der Waals surface area contributed by atoms with E-state index in [-0.39, 0.29) is 12.6 Å². The lowest BCUT2D eigenvalue weighted by molar-refractivity contribution is 0.225. The number of nitrogens with one attached hydrogen (secondary N) is 1. The highest BCUT2D eigenvalue weighted by molar-refractivity contribution is 7.71. The van der Waals surface area contributed by atoms with Crippen molar-refractivity contribution in [3.05, 3.63) is 21.8 Å². The molecule has 5 heteroatoms. The molecule has 14 heavy (non-hydrogen) atoms. The third-order valence-electron chi connectivity index (χ3n) is 2.52. The van der Waals surface area contributed by atoms with Gasteiger partial charge < -0.3 is 15.0 Å². The van der Waals surface area contributed by atoms with Gasteiger partial charge in [0.05, 0.1) is 22.2 Å². The maximum absolute atomic E-state index is 9.05. The van der Waals surface area contributed by atoms with Crippen LogP contribution in [0.25, 0.3) is 0 Å². The lowest BCUT2D eigenvalue weighted by atomic mass is 10.0. The predicted molar refractivity (Wildman–Crippen MR) is 59.5 cm³/mol. The topological polar surface area (TPSA) is 39.3 Å². The predicted octanol–water partition coefficient (Wildman–Crippen LogP) is 1.97. The summed E-state index contributed by atoms with van der Waals surface area (Å²) in [6.45, 7) is 1.08. The molecule has 1 aliphatic heterocycles. The Morgan fingerprint density at radius 1 is 1.71 bits per heavy atom. The maximum Gasteiger partial charge on any atom is 0.126 e. The fraction of sp³-hybridized carbons (Fsp3) is 0.444. The van der Waals surface area contributed by atoms with Crippen LogP contribution in [0, 0.1) is 4.51 Å². The minimum Gasteiger partial charge on any atom is -0.394 e. The standard InChI is InChI=1S/C9H11ClN2OS/c10-8-7(14)1-3-11-9(8)12-4-2-6(12)5-13/h1,3,6,13H,2,4-5H2,(H,11,14)/t6-/m0/s1. The molecule has 1 saturated heterocycles. The summed E-state index contributed by atoms with van der Waals surface area (Å²) in [5.41, 5.74) is 0. The fourth-order valence-corrected chi connectivity index (χ4v) is 1.97. The number of halogens is 1. The number of pyridine rings is 1. The smallest absolute Gasteiger partial charge is 0.126 e. The van der Waals surface area contributed by atoms with E-state index in [1.165, 1.54) is 0 Å². The summed E-state index contributed by atoms with van der Waals surface area (Å²) in [4.78, 5) is 5.10. The number of aromatic amines is 1. The van der Waals surface area contributed by atoms with Gasteiger partial charge in [-0.05, 0) is 12.5 Å². The highest BCUT2D eigenvalue weighted by atomic mass is 35.5. The van der Waals surface area contributed by atoms with Gasteiger partial charge >= 0.3 is 0 Å². The van der Waals surface area contributed by atoms with Crippen molar-refractivity contribution in [1.82, 2.24) is 4.98 Å². The molecule has 0 bridgehead atoms. The number of rotatable bonds is 2. The van der Waals surface area contributed by atoms with Gasteiger partial charge in [0, 0.05) is 12.7 Å². The van der Waals surface area contributed by atoms with Crippen molar-refractivity contribution in [2.75, 3.05) is 18.1 Å². The zero-order valence-corrected chi connectivity index (χ0v) is 9.11. The number of nitrogens with zero attached hydrogens (tertiary/aromatic N) is 1. The zero-order valence-electron chi connectivity index (χ0n) is 7.53. The van der Waals surface area contributed by atoms with Crippen LogP contribution in [0.2, 0.25) is 5.02 Å². The van der Waals surface area contributed by atoms with Crippen LogP contribution >= 0.6 is 23.8 Å². The molecule has 1 aliphatic rings. The van der Waals surface area contributed by atoms with Crippen molar-refractivity contribution in [3.8, 4) is 0 Å². The van der Waals surface area contributed by atoms with Crippen molar-refractivity contribution in [1.29, 1.82) is 0 Å². The number of aromatic nitrogens is 1. The number of hydrogen-bond acceptors (Lipinski definition) is 3. The first-order chi connectivity index (χ1) is 6.74. The molecule has 2 rings (SSSR count). The quantitative estimate of drug-likeness (QED) is 0.764. The largest absolute Gasteiger partial charge is 0.394 e. The second-order valence-electron chi connectivity index (χ2n) is 3.32. The SMILES string of the molecule is OC[C@@H]1CCN1c1[nH]ccc(=S)c1Cl. The van der Waals surface area contributed by atoms with Crippen LogP contribution < -0.4 is 4.90 Å². The fourth-order valence-electron chi connectivity index (χ4n) is 1.58. The number of aliphatic hydroxyl groups excluding tert-OH is 1. The molecule has 0 saturated carbocycles. The monoisotopic (exact) mass is 230 g/mol. The van der Waals surface area contributed by atoms with Crippen LogP contribution in [0.5, 0.6) is 0 Å². The van der Waals surface area contributed by atoms with E-state index >= 15 is 0 Å². The first-order valence-corrected chi connectivity index (χ1v) is 5.27. The third kappa shape index (κ3) is 1.54. The van der Waals surface area contributed by atoms with Gasteiger partial charge in [-0.1, -0.05) is 23.8 Å². The van der Waals surface area contributed by atoms with Gasteiger partial charge in [0.15, 0.2) is 0 Å². The summed E-state index contributed by atoms with van der Waals surface area (Å²) >= 11 is 11.1. The number of hydrogen-bond donors (Lipinski definition) is 2. The Morgan fingerprint density at radius 2 is 2.50 bits per heavy atom. The Bertz CT molecular complexity index is 391. The Labute approximate surface area is 92.3 Å². The van der Waals surface area contributed by atoms with Gasteiger partial charge in [0.2, 0.25) is 0 Å². The number of aliphatic hydroxyl groups is 1. The molecule has 1 atom stereocenters.